The van der Waals surface area contributed by atoms with Crippen LogP contribution in [0.1, 0.15) is 71.6 Å². The van der Waals surface area contributed by atoms with E-state index in [9.17, 15) is 14.4 Å². The summed E-state index contributed by atoms with van der Waals surface area (Å²) in [6, 6.07) is 12.9. The first-order chi connectivity index (χ1) is 13.6. The first-order valence-electron chi connectivity index (χ1n) is 9.60. The molecule has 1 unspecified atom stereocenters. The Morgan fingerprint density at radius 1 is 0.828 bits per heavy atom. The van der Waals surface area contributed by atoms with Crippen LogP contribution in [0.15, 0.2) is 48.5 Å². The highest BCUT2D eigenvalue weighted by atomic mass is 16.5. The SMILES string of the molecule is COC(=O)c1ccc(C(=O)CC(=O)c2ccc(OC(C)CC(C)(C)C)cc2)cc1. The van der Waals surface area contributed by atoms with Crippen LogP contribution in [0.5, 0.6) is 5.75 Å². The second kappa shape index (κ2) is 9.50. The highest BCUT2D eigenvalue weighted by Crippen LogP contribution is 2.24. The molecule has 29 heavy (non-hydrogen) atoms. The van der Waals surface area contributed by atoms with Crippen LogP contribution >= 0.6 is 0 Å². The third kappa shape index (κ3) is 6.86. The van der Waals surface area contributed by atoms with Gasteiger partial charge in [0.05, 0.1) is 25.2 Å². The van der Waals surface area contributed by atoms with Crippen LogP contribution < -0.4 is 4.74 Å². The van der Waals surface area contributed by atoms with Crippen molar-refractivity contribution in [3.05, 3.63) is 65.2 Å². The van der Waals surface area contributed by atoms with E-state index < -0.39 is 5.97 Å². The smallest absolute Gasteiger partial charge is 0.337 e. The van der Waals surface area contributed by atoms with E-state index in [0.29, 0.717) is 22.4 Å². The number of Topliss-reactive ketones (excluding diaryl/α,β-unsaturated/α-hetero) is 2. The number of ether oxygens (including phenoxy) is 2. The second-order valence-corrected chi connectivity index (χ2v) is 8.31. The molecule has 0 aliphatic heterocycles. The lowest BCUT2D eigenvalue weighted by molar-refractivity contribution is 0.0600. The number of methoxy groups -OCH3 is 1. The summed E-state index contributed by atoms with van der Waals surface area (Å²) in [5.41, 5.74) is 1.36. The van der Waals surface area contributed by atoms with Gasteiger partial charge in [-0.25, -0.2) is 4.79 Å². The molecule has 5 nitrogen and oxygen atoms in total. The normalized spacial score (nSPS) is 12.2. The summed E-state index contributed by atoms with van der Waals surface area (Å²) in [5, 5.41) is 0. The molecule has 0 fully saturated rings. The first-order valence-corrected chi connectivity index (χ1v) is 9.60. The molecule has 2 aromatic carbocycles. The quantitative estimate of drug-likeness (QED) is 0.351. The van der Waals surface area contributed by atoms with E-state index in [2.05, 4.69) is 25.5 Å². The van der Waals surface area contributed by atoms with Gasteiger partial charge < -0.3 is 9.47 Å². The van der Waals surface area contributed by atoms with E-state index in [1.54, 1.807) is 24.3 Å². The first kappa shape index (κ1) is 22.3. The van der Waals surface area contributed by atoms with Gasteiger partial charge in [-0.2, -0.15) is 0 Å². The summed E-state index contributed by atoms with van der Waals surface area (Å²) in [6.45, 7) is 8.51. The molecule has 0 saturated carbocycles. The van der Waals surface area contributed by atoms with Crippen LogP contribution in [0.2, 0.25) is 0 Å². The third-order valence-corrected chi connectivity index (χ3v) is 4.36. The fourth-order valence-corrected chi connectivity index (χ4v) is 3.12. The molecule has 2 rings (SSSR count). The van der Waals surface area contributed by atoms with E-state index in [1.807, 2.05) is 6.92 Å². The zero-order chi connectivity index (χ0) is 21.6. The summed E-state index contributed by atoms with van der Waals surface area (Å²) >= 11 is 0. The maximum absolute atomic E-state index is 12.4. The van der Waals surface area contributed by atoms with Crippen molar-refractivity contribution in [3.63, 3.8) is 0 Å². The number of ketones is 2. The minimum absolute atomic E-state index is 0.0612. The molecule has 0 bridgehead atoms. The maximum atomic E-state index is 12.4. The van der Waals surface area contributed by atoms with Crippen molar-refractivity contribution < 1.29 is 23.9 Å². The average Bonchev–Trinajstić information content (AvgIpc) is 2.66. The zero-order valence-electron chi connectivity index (χ0n) is 17.7. The monoisotopic (exact) mass is 396 g/mol. The Labute approximate surface area is 172 Å². The van der Waals surface area contributed by atoms with Crippen LogP contribution in [-0.4, -0.2) is 30.7 Å². The number of carbonyl (C=O) groups is 3. The molecule has 0 radical (unpaired) electrons. The number of carbonyl (C=O) groups excluding carboxylic acids is 3. The fraction of sp³-hybridized carbons (Fsp3) is 0.375. The predicted molar refractivity (Wildman–Crippen MR) is 112 cm³/mol. The zero-order valence-corrected chi connectivity index (χ0v) is 17.7. The number of esters is 1. The third-order valence-electron chi connectivity index (χ3n) is 4.36. The van der Waals surface area contributed by atoms with Gasteiger partial charge in [-0.15, -0.1) is 0 Å². The summed E-state index contributed by atoms with van der Waals surface area (Å²) in [7, 11) is 1.29. The molecular weight excluding hydrogens is 368 g/mol. The lowest BCUT2D eigenvalue weighted by Crippen LogP contribution is -2.20. The molecule has 2 aromatic rings. The van der Waals surface area contributed by atoms with Crippen LogP contribution in [0.4, 0.5) is 0 Å². The minimum atomic E-state index is -0.473. The Hall–Kier alpha value is -2.95. The van der Waals surface area contributed by atoms with E-state index in [4.69, 9.17) is 4.74 Å². The Bertz CT molecular complexity index is 858. The molecule has 5 heteroatoms. The van der Waals surface area contributed by atoms with E-state index in [0.717, 1.165) is 6.42 Å². The van der Waals surface area contributed by atoms with Crippen molar-refractivity contribution in [3.8, 4) is 5.75 Å². The van der Waals surface area contributed by atoms with E-state index in [-0.39, 0.29) is 29.5 Å². The van der Waals surface area contributed by atoms with Gasteiger partial charge in [0.25, 0.3) is 0 Å². The van der Waals surface area contributed by atoms with Crippen molar-refractivity contribution in [1.29, 1.82) is 0 Å². The lowest BCUT2D eigenvalue weighted by atomic mass is 9.90. The molecule has 0 spiro atoms. The van der Waals surface area contributed by atoms with Gasteiger partial charge in [-0.3, -0.25) is 9.59 Å². The highest BCUT2D eigenvalue weighted by molar-refractivity contribution is 6.13. The largest absolute Gasteiger partial charge is 0.491 e. The molecule has 0 saturated heterocycles. The number of hydrogen-bond donors (Lipinski definition) is 0. The fourth-order valence-electron chi connectivity index (χ4n) is 3.12. The highest BCUT2D eigenvalue weighted by Gasteiger charge is 2.17. The van der Waals surface area contributed by atoms with Crippen LogP contribution in [0, 0.1) is 5.41 Å². The van der Waals surface area contributed by atoms with Gasteiger partial charge in [0.1, 0.15) is 5.75 Å². The summed E-state index contributed by atoms with van der Waals surface area (Å²) in [5.74, 6) is -0.339. The number of hydrogen-bond acceptors (Lipinski definition) is 5. The summed E-state index contributed by atoms with van der Waals surface area (Å²) in [6.07, 6.45) is 0.737. The van der Waals surface area contributed by atoms with Crippen molar-refractivity contribution in [1.82, 2.24) is 0 Å². The summed E-state index contributed by atoms with van der Waals surface area (Å²) in [4.78, 5) is 36.2. The number of benzene rings is 2. The molecule has 0 aromatic heterocycles. The second-order valence-electron chi connectivity index (χ2n) is 8.31. The van der Waals surface area contributed by atoms with Gasteiger partial charge in [-0.05, 0) is 55.2 Å². The number of rotatable bonds is 8. The molecule has 0 aliphatic carbocycles. The van der Waals surface area contributed by atoms with Crippen molar-refractivity contribution in [2.45, 2.75) is 46.6 Å². The topological polar surface area (TPSA) is 69.7 Å². The molecule has 0 amide bonds. The summed E-state index contributed by atoms with van der Waals surface area (Å²) < 4.78 is 10.5. The predicted octanol–water partition coefficient (Wildman–Crippen LogP) is 5.13. The maximum Gasteiger partial charge on any atom is 0.337 e. The molecule has 0 aliphatic rings. The van der Waals surface area contributed by atoms with Gasteiger partial charge in [0.2, 0.25) is 0 Å². The molecule has 1 atom stereocenters. The van der Waals surface area contributed by atoms with Gasteiger partial charge in [0.15, 0.2) is 11.6 Å². The Morgan fingerprint density at radius 2 is 1.28 bits per heavy atom. The van der Waals surface area contributed by atoms with Crippen LogP contribution in [0.3, 0.4) is 0 Å². The van der Waals surface area contributed by atoms with Crippen molar-refractivity contribution >= 4 is 17.5 Å². The van der Waals surface area contributed by atoms with E-state index in [1.165, 1.54) is 31.4 Å². The van der Waals surface area contributed by atoms with Gasteiger partial charge in [-0.1, -0.05) is 32.9 Å². The molecule has 0 N–H and O–H groups in total. The average molecular weight is 396 g/mol. The Balaban J connectivity index is 1.96. The van der Waals surface area contributed by atoms with Crippen molar-refractivity contribution in [2.24, 2.45) is 5.41 Å². The van der Waals surface area contributed by atoms with E-state index >= 15 is 0 Å². The molecule has 154 valence electrons. The molecular formula is C24H28O5. The van der Waals surface area contributed by atoms with Gasteiger partial charge in [0, 0.05) is 11.1 Å². The minimum Gasteiger partial charge on any atom is -0.491 e. The Morgan fingerprint density at radius 3 is 1.72 bits per heavy atom. The van der Waals surface area contributed by atoms with Crippen molar-refractivity contribution in [2.75, 3.05) is 7.11 Å². The van der Waals surface area contributed by atoms with Gasteiger partial charge >= 0.3 is 5.97 Å². The van der Waals surface area contributed by atoms with Crippen LogP contribution in [-0.2, 0) is 4.74 Å². The standard InChI is InChI=1S/C24H28O5/c1-16(15-24(2,3)4)29-20-12-10-18(11-13-20)22(26)14-21(25)17-6-8-19(9-7-17)23(27)28-5/h6-13,16H,14-15H2,1-5H3. The lowest BCUT2D eigenvalue weighted by Gasteiger charge is -2.24. The van der Waals surface area contributed by atoms with Crippen LogP contribution in [0.25, 0.3) is 0 Å². The Kier molecular flexibility index (Phi) is 7.32. The molecule has 0 heterocycles.